The fourth-order valence-corrected chi connectivity index (χ4v) is 2.42. The molecule has 3 aromatic rings. The minimum Gasteiger partial charge on any atom is -0.489 e. The second kappa shape index (κ2) is 7.95. The van der Waals surface area contributed by atoms with Gasteiger partial charge in [0.2, 0.25) is 0 Å². The van der Waals surface area contributed by atoms with E-state index in [4.69, 9.17) is 4.74 Å². The van der Waals surface area contributed by atoms with Gasteiger partial charge in [-0.25, -0.2) is 0 Å². The Bertz CT molecular complexity index is 907. The van der Waals surface area contributed by atoms with E-state index in [2.05, 4.69) is 5.32 Å². The minimum absolute atomic E-state index is 0.0609. The Balaban J connectivity index is 1.62. The zero-order valence-electron chi connectivity index (χ0n) is 14.2. The molecule has 0 radical (unpaired) electrons. The molecule has 138 valence electrons. The number of nitrogens with one attached hydrogen (secondary N) is 1. The predicted octanol–water partition coefficient (Wildman–Crippen LogP) is 5.54. The van der Waals surface area contributed by atoms with E-state index in [1.165, 1.54) is 12.1 Å². The summed E-state index contributed by atoms with van der Waals surface area (Å²) in [5.41, 5.74) is 0.568. The van der Waals surface area contributed by atoms with Crippen molar-refractivity contribution in [3.8, 4) is 5.75 Å². The molecule has 0 saturated heterocycles. The molecule has 0 atom stereocenters. The quantitative estimate of drug-likeness (QED) is 0.640. The monoisotopic (exact) mass is 371 g/mol. The summed E-state index contributed by atoms with van der Waals surface area (Å²) in [6, 6.07) is 20.6. The van der Waals surface area contributed by atoms with Gasteiger partial charge in [-0.3, -0.25) is 4.79 Å². The first kappa shape index (κ1) is 18.5. The van der Waals surface area contributed by atoms with Crippen LogP contribution in [0.25, 0.3) is 0 Å². The van der Waals surface area contributed by atoms with Gasteiger partial charge in [-0.2, -0.15) is 13.2 Å². The van der Waals surface area contributed by atoms with Crippen molar-refractivity contribution in [3.63, 3.8) is 0 Å². The summed E-state index contributed by atoms with van der Waals surface area (Å²) in [4.78, 5) is 12.2. The molecule has 0 spiro atoms. The first-order valence-corrected chi connectivity index (χ1v) is 8.17. The van der Waals surface area contributed by atoms with Crippen molar-refractivity contribution >= 4 is 11.6 Å². The lowest BCUT2D eigenvalue weighted by Crippen LogP contribution is -2.13. The molecule has 27 heavy (non-hydrogen) atoms. The number of alkyl halides is 3. The molecule has 1 amide bonds. The van der Waals surface area contributed by atoms with Crippen molar-refractivity contribution in [3.05, 3.63) is 95.6 Å². The van der Waals surface area contributed by atoms with E-state index in [1.807, 2.05) is 30.3 Å². The number of benzene rings is 3. The summed E-state index contributed by atoms with van der Waals surface area (Å²) in [6.07, 6.45) is -4.49. The van der Waals surface area contributed by atoms with Gasteiger partial charge < -0.3 is 10.1 Å². The SMILES string of the molecule is O=C(Nc1ccc(OCc2ccccc2)cc1)c1cccc(C(F)(F)F)c1. The van der Waals surface area contributed by atoms with E-state index in [-0.39, 0.29) is 5.56 Å². The maximum absolute atomic E-state index is 12.8. The van der Waals surface area contributed by atoms with Gasteiger partial charge in [0, 0.05) is 11.3 Å². The van der Waals surface area contributed by atoms with Crippen molar-refractivity contribution in [2.24, 2.45) is 0 Å². The highest BCUT2D eigenvalue weighted by atomic mass is 19.4. The van der Waals surface area contributed by atoms with Crippen LogP contribution in [0.1, 0.15) is 21.5 Å². The highest BCUT2D eigenvalue weighted by Crippen LogP contribution is 2.29. The van der Waals surface area contributed by atoms with Gasteiger partial charge in [0.15, 0.2) is 0 Å². The maximum Gasteiger partial charge on any atom is 0.416 e. The molecule has 6 heteroatoms. The molecule has 0 aliphatic rings. The fourth-order valence-electron chi connectivity index (χ4n) is 2.42. The molecule has 3 nitrogen and oxygen atoms in total. The minimum atomic E-state index is -4.49. The summed E-state index contributed by atoms with van der Waals surface area (Å²) in [6.45, 7) is 0.413. The Morgan fingerprint density at radius 2 is 1.59 bits per heavy atom. The van der Waals surface area contributed by atoms with Crippen LogP contribution in [0, 0.1) is 0 Å². The first-order chi connectivity index (χ1) is 12.9. The average molecular weight is 371 g/mol. The molecular weight excluding hydrogens is 355 g/mol. The van der Waals surface area contributed by atoms with Gasteiger partial charge >= 0.3 is 6.18 Å². The van der Waals surface area contributed by atoms with E-state index in [1.54, 1.807) is 24.3 Å². The second-order valence-corrected chi connectivity index (χ2v) is 5.83. The number of hydrogen-bond donors (Lipinski definition) is 1. The van der Waals surface area contributed by atoms with Crippen LogP contribution >= 0.6 is 0 Å². The number of hydrogen-bond acceptors (Lipinski definition) is 2. The van der Waals surface area contributed by atoms with E-state index in [0.29, 0.717) is 18.0 Å². The summed E-state index contributed by atoms with van der Waals surface area (Å²) < 4.78 is 43.9. The van der Waals surface area contributed by atoms with E-state index in [9.17, 15) is 18.0 Å². The zero-order valence-corrected chi connectivity index (χ0v) is 14.2. The normalized spacial score (nSPS) is 11.1. The van der Waals surface area contributed by atoms with E-state index >= 15 is 0 Å². The Labute approximate surface area is 154 Å². The predicted molar refractivity (Wildman–Crippen MR) is 96.6 cm³/mol. The van der Waals surface area contributed by atoms with Crippen LogP contribution in [-0.4, -0.2) is 5.91 Å². The average Bonchev–Trinajstić information content (AvgIpc) is 2.68. The topological polar surface area (TPSA) is 38.3 Å². The third-order valence-electron chi connectivity index (χ3n) is 3.81. The third kappa shape index (κ3) is 5.10. The van der Waals surface area contributed by atoms with Crippen molar-refractivity contribution in [2.75, 3.05) is 5.32 Å². The van der Waals surface area contributed by atoms with Crippen molar-refractivity contribution in [1.29, 1.82) is 0 Å². The number of ether oxygens (including phenoxy) is 1. The second-order valence-electron chi connectivity index (χ2n) is 5.83. The Kier molecular flexibility index (Phi) is 5.45. The highest BCUT2D eigenvalue weighted by Gasteiger charge is 2.30. The number of amides is 1. The largest absolute Gasteiger partial charge is 0.489 e. The number of anilines is 1. The van der Waals surface area contributed by atoms with Gasteiger partial charge in [0.05, 0.1) is 5.56 Å². The van der Waals surface area contributed by atoms with Crippen LogP contribution in [0.2, 0.25) is 0 Å². The molecule has 1 N–H and O–H groups in total. The molecule has 0 aliphatic heterocycles. The van der Waals surface area contributed by atoms with Crippen LogP contribution in [-0.2, 0) is 12.8 Å². The van der Waals surface area contributed by atoms with Crippen molar-refractivity contribution in [1.82, 2.24) is 0 Å². The van der Waals surface area contributed by atoms with Crippen LogP contribution in [0.15, 0.2) is 78.9 Å². The number of carbonyl (C=O) groups excluding carboxylic acids is 1. The van der Waals surface area contributed by atoms with Gasteiger partial charge in [0.25, 0.3) is 5.91 Å². The lowest BCUT2D eigenvalue weighted by molar-refractivity contribution is -0.137. The highest BCUT2D eigenvalue weighted by molar-refractivity contribution is 6.04. The molecule has 0 fully saturated rings. The van der Waals surface area contributed by atoms with Crippen molar-refractivity contribution < 1.29 is 22.7 Å². The third-order valence-corrected chi connectivity index (χ3v) is 3.81. The Morgan fingerprint density at radius 1 is 0.889 bits per heavy atom. The van der Waals surface area contributed by atoms with Crippen LogP contribution < -0.4 is 10.1 Å². The Morgan fingerprint density at radius 3 is 2.26 bits per heavy atom. The zero-order chi connectivity index (χ0) is 19.3. The maximum atomic E-state index is 12.8. The van der Waals surface area contributed by atoms with E-state index in [0.717, 1.165) is 17.7 Å². The smallest absolute Gasteiger partial charge is 0.416 e. The molecule has 0 saturated carbocycles. The lowest BCUT2D eigenvalue weighted by Gasteiger charge is -2.10. The fraction of sp³-hybridized carbons (Fsp3) is 0.0952. The molecule has 0 aliphatic carbocycles. The summed E-state index contributed by atoms with van der Waals surface area (Å²) >= 11 is 0. The van der Waals surface area contributed by atoms with E-state index < -0.39 is 17.6 Å². The lowest BCUT2D eigenvalue weighted by atomic mass is 10.1. The summed E-state index contributed by atoms with van der Waals surface area (Å²) in [5, 5.41) is 2.58. The molecule has 0 aromatic heterocycles. The molecule has 3 rings (SSSR count). The standard InChI is InChI=1S/C21H16F3NO2/c22-21(23,24)17-8-4-7-16(13-17)20(26)25-18-9-11-19(12-10-18)27-14-15-5-2-1-3-6-15/h1-13H,14H2,(H,25,26). The van der Waals surface area contributed by atoms with Crippen LogP contribution in [0.4, 0.5) is 18.9 Å². The molecule has 0 unspecified atom stereocenters. The molecule has 0 heterocycles. The molecular formula is C21H16F3NO2. The van der Waals surface area contributed by atoms with Gasteiger partial charge in [-0.1, -0.05) is 36.4 Å². The molecule has 3 aromatic carbocycles. The number of halogens is 3. The van der Waals surface area contributed by atoms with Gasteiger partial charge in [-0.15, -0.1) is 0 Å². The number of rotatable bonds is 5. The first-order valence-electron chi connectivity index (χ1n) is 8.17. The van der Waals surface area contributed by atoms with Crippen LogP contribution in [0.5, 0.6) is 5.75 Å². The Hall–Kier alpha value is -3.28. The van der Waals surface area contributed by atoms with Gasteiger partial charge in [-0.05, 0) is 48.0 Å². The summed E-state index contributed by atoms with van der Waals surface area (Å²) in [7, 11) is 0. The van der Waals surface area contributed by atoms with Crippen molar-refractivity contribution in [2.45, 2.75) is 12.8 Å². The van der Waals surface area contributed by atoms with Gasteiger partial charge in [0.1, 0.15) is 12.4 Å². The summed E-state index contributed by atoms with van der Waals surface area (Å²) in [5.74, 6) is 0.00924. The molecule has 0 bridgehead atoms. The van der Waals surface area contributed by atoms with Crippen LogP contribution in [0.3, 0.4) is 0 Å². The number of carbonyl (C=O) groups is 1.